The number of unbranched alkanes of at least 4 members (excludes halogenated alkanes) is 3. The van der Waals surface area contributed by atoms with Crippen LogP contribution >= 0.6 is 0 Å². The molecule has 0 saturated carbocycles. The molecule has 0 bridgehead atoms. The van der Waals surface area contributed by atoms with E-state index in [-0.39, 0.29) is 133 Å². The molecule has 2 heterocycles. The average Bonchev–Trinajstić information content (AvgIpc) is 1.67. The van der Waals surface area contributed by atoms with E-state index < -0.39 is 132 Å². The lowest BCUT2D eigenvalue weighted by molar-refractivity contribution is -0.142. The molecule has 0 fully saturated rings. The van der Waals surface area contributed by atoms with E-state index in [1.807, 2.05) is 26.0 Å². The summed E-state index contributed by atoms with van der Waals surface area (Å²) in [6, 6.07) is 10.0. The van der Waals surface area contributed by atoms with Gasteiger partial charge in [0, 0.05) is 67.8 Å². The van der Waals surface area contributed by atoms with Gasteiger partial charge in [-0.2, -0.15) is 0 Å². The second-order valence-corrected chi connectivity index (χ2v) is 28.8. The number of guanidine groups is 2. The van der Waals surface area contributed by atoms with E-state index in [9.17, 15) is 38.7 Å². The summed E-state index contributed by atoms with van der Waals surface area (Å²) in [5.74, 6) is -10.0. The first kappa shape index (κ1) is 91.6. The molecule has 0 spiro atoms. The Morgan fingerprint density at radius 3 is 1.16 bits per heavy atom. The van der Waals surface area contributed by atoms with E-state index in [1.54, 1.807) is 92.8 Å². The van der Waals surface area contributed by atoms with Gasteiger partial charge in [0.1, 0.15) is 60.4 Å². The van der Waals surface area contributed by atoms with Gasteiger partial charge in [0.15, 0.2) is 11.9 Å². The zero-order chi connectivity index (χ0) is 82.1. The van der Waals surface area contributed by atoms with E-state index in [0.717, 1.165) is 0 Å². The quantitative estimate of drug-likeness (QED) is 0.0126. The van der Waals surface area contributed by atoms with Crippen LogP contribution in [0.3, 0.4) is 0 Å². The maximum Gasteiger partial charge on any atom is 0.326 e. The summed E-state index contributed by atoms with van der Waals surface area (Å²) in [7, 11) is 0. The minimum atomic E-state index is -1.51. The standard InChI is InChI=1S/C77H119N23O12/c1-46(2)37-59(95-65(101)53(81)26-13-16-32-78)69(105)97-61(39-48-21-7-5-8-22-48)71(107)92-55(28-14-17-33-79)66(102)91-57(30-19-35-87-76(82)83)68(104)99-63(41-50-43-89-54-27-12-11-25-52(50)54)73(109)93-56(29-15-18-34-80)67(103)100-64(42-51-44-86-45-90-51)74(110)96-60(38-47(3)4)70(106)98-62(40-49-23-9-6-10-24-49)72(108)94-58(75(111)112)31-20-36-88-77(84)85/h5-12,21-25,27,43-47,53,55-64,89H,13-20,26,28-42,78-81H2,1-4H3,(H,86,90)(H,91,102)(H,92,107)(H,93,109)(H,94,108)(H,95,101)(H,96,110)(H,97,105)(H,98,106)(H,99,104)(H,100,103)(H,111,112)(H4,82,83,87)(H4,84,85,88)/t53-,55-,56-,57-,58-,59-,60-,61-,62-,63-,64-/m0/s1. The fraction of sp³-hybridized carbons (Fsp3) is 0.532. The molecule has 112 heavy (non-hydrogen) atoms. The topological polar surface area (TPSA) is 606 Å². The van der Waals surface area contributed by atoms with Crippen molar-refractivity contribution in [3.8, 4) is 0 Å². The first-order chi connectivity index (χ1) is 53.6. The van der Waals surface area contributed by atoms with Gasteiger partial charge >= 0.3 is 5.97 Å². The van der Waals surface area contributed by atoms with Crippen molar-refractivity contribution in [1.29, 1.82) is 0 Å². The van der Waals surface area contributed by atoms with Gasteiger partial charge in [0.2, 0.25) is 59.1 Å². The van der Waals surface area contributed by atoms with Crippen LogP contribution in [0.4, 0.5) is 0 Å². The lowest BCUT2D eigenvalue weighted by Gasteiger charge is -2.29. The number of aliphatic imine (C=N–C) groups is 2. The van der Waals surface area contributed by atoms with Gasteiger partial charge in [-0.05, 0) is 144 Å². The summed E-state index contributed by atoms with van der Waals surface area (Å²) in [6.07, 6.45) is 7.18. The van der Waals surface area contributed by atoms with Crippen molar-refractivity contribution in [2.24, 2.45) is 67.7 Å². The van der Waals surface area contributed by atoms with Gasteiger partial charge in [-0.15, -0.1) is 0 Å². The number of aromatic nitrogens is 3. The number of nitrogens with one attached hydrogen (secondary N) is 12. The van der Waals surface area contributed by atoms with Crippen molar-refractivity contribution < 1.29 is 57.8 Å². The fourth-order valence-electron chi connectivity index (χ4n) is 12.5. The van der Waals surface area contributed by atoms with Crippen LogP contribution in [0.25, 0.3) is 10.9 Å². The third-order valence-corrected chi connectivity index (χ3v) is 18.5. The third kappa shape index (κ3) is 33.3. The molecule has 3 aromatic carbocycles. The number of imidazole rings is 1. The van der Waals surface area contributed by atoms with Crippen molar-refractivity contribution in [2.45, 2.75) is 216 Å². The molecule has 29 N–H and O–H groups in total. The minimum absolute atomic E-state index is 0.00260. The summed E-state index contributed by atoms with van der Waals surface area (Å²) >= 11 is 0. The van der Waals surface area contributed by atoms with Gasteiger partial charge < -0.3 is 114 Å². The number of nitrogens with zero attached hydrogens (tertiary/aromatic N) is 3. The molecule has 5 aromatic rings. The van der Waals surface area contributed by atoms with Gasteiger partial charge in [-0.25, -0.2) is 9.78 Å². The molecule has 0 aliphatic rings. The van der Waals surface area contributed by atoms with Crippen LogP contribution in [-0.4, -0.2) is 196 Å². The lowest BCUT2D eigenvalue weighted by Crippen LogP contribution is -2.61. The van der Waals surface area contributed by atoms with E-state index in [0.29, 0.717) is 78.4 Å². The Hall–Kier alpha value is -11.0. The summed E-state index contributed by atoms with van der Waals surface area (Å²) in [6.45, 7) is 8.28. The number of H-pyrrole nitrogens is 2. The highest BCUT2D eigenvalue weighted by Gasteiger charge is 2.38. The SMILES string of the molecule is CC(C)C[C@H](NC(=O)[C@H](Cc1cnc[nH]1)NC(=O)[C@H](CCCCN)NC(=O)[C@H](Cc1c[nH]c2ccccc12)NC(=O)[C@H](CCCN=C(N)N)NC(=O)[C@H](CCCCN)NC(=O)[C@H](Cc1ccccc1)NC(=O)[C@H](CC(C)C)NC(=O)[C@@H](N)CCCCN)C(=O)N[C@@H](Cc1ccccc1)C(=O)N[C@@H](CCCN=C(N)N)C(=O)O. The number of rotatable bonds is 53. The molecule has 11 atom stereocenters. The number of hydrogen-bond acceptors (Lipinski definition) is 18. The van der Waals surface area contributed by atoms with Crippen LogP contribution < -0.4 is 99.0 Å². The summed E-state index contributed by atoms with van der Waals surface area (Å²) in [4.78, 5) is 178. The molecular formula is C77H119N23O12. The highest BCUT2D eigenvalue weighted by Crippen LogP contribution is 2.21. The van der Waals surface area contributed by atoms with Gasteiger partial charge in [0.05, 0.1) is 12.4 Å². The second-order valence-electron chi connectivity index (χ2n) is 28.8. The third-order valence-electron chi connectivity index (χ3n) is 18.5. The lowest BCUT2D eigenvalue weighted by atomic mass is 9.99. The zero-order valence-corrected chi connectivity index (χ0v) is 64.7. The second kappa shape index (κ2) is 49.3. The summed E-state index contributed by atoms with van der Waals surface area (Å²) in [5.41, 5.74) is 49.1. The normalized spacial score (nSPS) is 14.2. The van der Waals surface area contributed by atoms with Crippen LogP contribution in [0, 0.1) is 11.8 Å². The highest BCUT2D eigenvalue weighted by atomic mass is 16.4. The van der Waals surface area contributed by atoms with Crippen molar-refractivity contribution in [2.75, 3.05) is 32.7 Å². The monoisotopic (exact) mass is 1560 g/mol. The smallest absolute Gasteiger partial charge is 0.326 e. The van der Waals surface area contributed by atoms with E-state index in [4.69, 9.17) is 45.9 Å². The Bertz CT molecular complexity index is 3830. The fourth-order valence-corrected chi connectivity index (χ4v) is 12.5. The Morgan fingerprint density at radius 1 is 0.402 bits per heavy atom. The molecular weight excluding hydrogens is 1440 g/mol. The number of carboxylic acids is 1. The molecule has 0 radical (unpaired) electrons. The van der Waals surface area contributed by atoms with Gasteiger partial charge in [-0.3, -0.25) is 57.9 Å². The Morgan fingerprint density at radius 2 is 0.750 bits per heavy atom. The molecule has 614 valence electrons. The minimum Gasteiger partial charge on any atom is -0.480 e. The Labute approximate surface area is 653 Å². The number of carboxylic acid groups (broad SMARTS) is 1. The molecule has 35 heteroatoms. The van der Waals surface area contributed by atoms with Crippen LogP contribution in [0.5, 0.6) is 0 Å². The van der Waals surface area contributed by atoms with E-state index >= 15 is 19.2 Å². The first-order valence-electron chi connectivity index (χ1n) is 38.4. The molecule has 5 rings (SSSR count). The molecule has 0 aliphatic heterocycles. The Kier molecular flexibility index (Phi) is 40.3. The first-order valence-corrected chi connectivity index (χ1v) is 38.4. The number of amides is 10. The van der Waals surface area contributed by atoms with Gasteiger partial charge in [-0.1, -0.05) is 113 Å². The maximum atomic E-state index is 15.4. The Balaban J connectivity index is 1.48. The number of aromatic amines is 2. The highest BCUT2D eigenvalue weighted by molar-refractivity contribution is 5.99. The molecule has 0 saturated heterocycles. The van der Waals surface area contributed by atoms with Crippen molar-refractivity contribution in [3.05, 3.63) is 126 Å². The zero-order valence-electron chi connectivity index (χ0n) is 64.7. The van der Waals surface area contributed by atoms with Gasteiger partial charge in [0.25, 0.3) is 0 Å². The number of carbonyl (C=O) groups is 11. The van der Waals surface area contributed by atoms with Crippen molar-refractivity contribution >= 4 is 87.9 Å². The number of aliphatic carboxylic acids is 1. The number of fused-ring (bicyclic) bond motifs is 1. The molecule has 10 amide bonds. The number of hydrogen-bond donors (Lipinski definition) is 21. The summed E-state index contributed by atoms with van der Waals surface area (Å²) < 4.78 is 0. The maximum absolute atomic E-state index is 15.4. The number of benzene rings is 3. The van der Waals surface area contributed by atoms with Crippen LogP contribution in [-0.2, 0) is 78.4 Å². The van der Waals surface area contributed by atoms with Crippen LogP contribution in [0.1, 0.15) is 146 Å². The number of para-hydroxylation sites is 1. The van der Waals surface area contributed by atoms with Crippen molar-refractivity contribution in [3.63, 3.8) is 0 Å². The predicted molar refractivity (Wildman–Crippen MR) is 427 cm³/mol. The molecule has 0 aliphatic carbocycles. The van der Waals surface area contributed by atoms with E-state index in [1.165, 1.54) is 12.5 Å². The number of nitrogens with two attached hydrogens (primary N) is 8. The van der Waals surface area contributed by atoms with Crippen LogP contribution in [0.15, 0.2) is 114 Å². The van der Waals surface area contributed by atoms with Crippen molar-refractivity contribution in [1.82, 2.24) is 68.1 Å². The van der Waals surface area contributed by atoms with Crippen LogP contribution in [0.2, 0.25) is 0 Å². The molecule has 35 nitrogen and oxygen atoms in total. The molecule has 2 aromatic heterocycles. The summed E-state index contributed by atoms with van der Waals surface area (Å²) in [5, 5.41) is 38.6. The average molecular weight is 1560 g/mol. The number of carbonyl (C=O) groups excluding carboxylic acids is 10. The van der Waals surface area contributed by atoms with E-state index in [2.05, 4.69) is 78.1 Å². The predicted octanol–water partition coefficient (Wildman–Crippen LogP) is -0.992. The molecule has 0 unspecified atom stereocenters. The largest absolute Gasteiger partial charge is 0.480 e.